The van der Waals surface area contributed by atoms with Gasteiger partial charge in [-0.15, -0.1) is 9.78 Å². The van der Waals surface area contributed by atoms with Crippen molar-refractivity contribution < 1.29 is 18.6 Å². The Balaban J connectivity index is 1.75. The first-order valence-corrected chi connectivity index (χ1v) is 9.26. The molecule has 3 amide bonds. The van der Waals surface area contributed by atoms with Gasteiger partial charge in [0, 0.05) is 18.2 Å². The van der Waals surface area contributed by atoms with Gasteiger partial charge in [0.1, 0.15) is 11.5 Å². The highest BCUT2D eigenvalue weighted by molar-refractivity contribution is 6.22. The first-order valence-electron chi connectivity index (χ1n) is 9.26. The number of carbonyl (C=O) groups is 2. The quantitative estimate of drug-likeness (QED) is 0.724. The zero-order valence-corrected chi connectivity index (χ0v) is 17.0. The molecule has 1 aromatic carbocycles. The summed E-state index contributed by atoms with van der Waals surface area (Å²) < 4.78 is 17.5. The summed E-state index contributed by atoms with van der Waals surface area (Å²) in [6.07, 6.45) is 0. The highest BCUT2D eigenvalue weighted by atomic mass is 19.1. The van der Waals surface area contributed by atoms with E-state index < -0.39 is 23.8 Å². The molecule has 1 saturated heterocycles. The van der Waals surface area contributed by atoms with E-state index in [0.29, 0.717) is 11.8 Å². The van der Waals surface area contributed by atoms with E-state index in [0.717, 1.165) is 21.9 Å². The Morgan fingerprint density at radius 1 is 1.17 bits per heavy atom. The van der Waals surface area contributed by atoms with Gasteiger partial charge in [-0.25, -0.2) is 13.8 Å². The number of urea groups is 1. The number of rotatable bonds is 2. The van der Waals surface area contributed by atoms with Crippen LogP contribution in [0.2, 0.25) is 0 Å². The van der Waals surface area contributed by atoms with Crippen LogP contribution in [-0.4, -0.2) is 68.0 Å². The predicted octanol–water partition coefficient (Wildman–Crippen LogP) is 1.67. The Hall–Kier alpha value is -3.36. The fourth-order valence-corrected chi connectivity index (χ4v) is 3.64. The summed E-state index contributed by atoms with van der Waals surface area (Å²) in [7, 11) is 3.31. The number of likely N-dealkylation sites (N-methyl/N-ethyl adjacent to an activating group) is 2. The van der Waals surface area contributed by atoms with Crippen LogP contribution in [0.25, 0.3) is 0 Å². The minimum Gasteiger partial charge on any atom is -0.270 e. The second-order valence-corrected chi connectivity index (χ2v) is 7.35. The number of halogens is 1. The summed E-state index contributed by atoms with van der Waals surface area (Å²) in [5, 5.41) is 4.52. The highest BCUT2D eigenvalue weighted by Gasteiger charge is 2.52. The molecule has 8 nitrogen and oxygen atoms in total. The summed E-state index contributed by atoms with van der Waals surface area (Å²) in [4.78, 5) is 33.0. The van der Waals surface area contributed by atoms with Gasteiger partial charge in [-0.05, 0) is 26.8 Å². The van der Waals surface area contributed by atoms with E-state index in [1.54, 1.807) is 41.6 Å². The Morgan fingerprint density at radius 2 is 1.86 bits per heavy atom. The second kappa shape index (κ2) is 6.61. The van der Waals surface area contributed by atoms with Crippen LogP contribution in [0.5, 0.6) is 0 Å². The van der Waals surface area contributed by atoms with Crippen LogP contribution in [0.1, 0.15) is 22.5 Å². The van der Waals surface area contributed by atoms with Crippen molar-refractivity contribution >= 4 is 23.7 Å². The number of amidine groups is 1. The number of nitrogens with zero attached hydrogens (tertiary/aromatic N) is 6. The van der Waals surface area contributed by atoms with Crippen LogP contribution in [0.15, 0.2) is 29.3 Å². The molecule has 0 saturated carbocycles. The van der Waals surface area contributed by atoms with Crippen LogP contribution in [0.3, 0.4) is 0 Å². The van der Waals surface area contributed by atoms with E-state index in [4.69, 9.17) is 0 Å². The van der Waals surface area contributed by atoms with E-state index >= 15 is 0 Å². The lowest BCUT2D eigenvalue weighted by Crippen LogP contribution is -2.62. The van der Waals surface area contributed by atoms with Gasteiger partial charge < -0.3 is 0 Å². The van der Waals surface area contributed by atoms with E-state index in [1.807, 2.05) is 20.8 Å². The van der Waals surface area contributed by atoms with Gasteiger partial charge in [0.15, 0.2) is 0 Å². The Bertz CT molecular complexity index is 1120. The largest absolute Gasteiger partial charge is 0.421 e. The molecule has 0 bridgehead atoms. The van der Waals surface area contributed by atoms with E-state index in [1.165, 1.54) is 11.0 Å². The molecule has 0 radical (unpaired) electrons. The van der Waals surface area contributed by atoms with Gasteiger partial charge in [0.2, 0.25) is 11.9 Å². The normalized spacial score (nSPS) is 19.2. The van der Waals surface area contributed by atoms with Crippen LogP contribution >= 0.6 is 0 Å². The number of aryl methyl sites for hydroxylation is 1. The SMILES string of the molecule is Cc1nn(C2=[N+](C)C3C(=O)N(Cc4ccccc4F)C(=O)N(C)C3=N2)c(C)c1C. The van der Waals surface area contributed by atoms with E-state index in [-0.39, 0.29) is 12.1 Å². The smallest absolute Gasteiger partial charge is 0.270 e. The van der Waals surface area contributed by atoms with Gasteiger partial charge >= 0.3 is 12.0 Å². The van der Waals surface area contributed by atoms with Gasteiger partial charge in [-0.1, -0.05) is 23.2 Å². The van der Waals surface area contributed by atoms with Crippen molar-refractivity contribution in [3.05, 3.63) is 52.6 Å². The number of hydrogen-bond donors (Lipinski definition) is 0. The molecule has 2 aromatic rings. The lowest BCUT2D eigenvalue weighted by atomic mass is 10.1. The van der Waals surface area contributed by atoms with Gasteiger partial charge in [-0.2, -0.15) is 0 Å². The Morgan fingerprint density at radius 3 is 2.48 bits per heavy atom. The summed E-state index contributed by atoms with van der Waals surface area (Å²) >= 11 is 0. The zero-order chi connectivity index (χ0) is 21.0. The lowest BCUT2D eigenvalue weighted by Gasteiger charge is -2.33. The predicted molar refractivity (Wildman–Crippen MR) is 104 cm³/mol. The molecule has 29 heavy (non-hydrogen) atoms. The third-order valence-corrected chi connectivity index (χ3v) is 5.65. The first kappa shape index (κ1) is 19.0. The third kappa shape index (κ3) is 2.76. The molecular formula is C20H22FN6O2+. The molecule has 9 heteroatoms. The Labute approximate surface area is 167 Å². The maximum atomic E-state index is 14.1. The standard InChI is InChI=1S/C20H22FN6O2/c1-11-12(2)23-27(13(11)3)19-22-17-16(24(19)4)18(28)26(20(29)25(17)5)10-14-8-6-7-9-15(14)21/h6-9,16H,10H2,1-5H3/q+1. The molecular weight excluding hydrogens is 375 g/mol. The highest BCUT2D eigenvalue weighted by Crippen LogP contribution is 2.23. The van der Waals surface area contributed by atoms with Gasteiger partial charge in [0.05, 0.1) is 19.3 Å². The molecule has 1 fully saturated rings. The lowest BCUT2D eigenvalue weighted by molar-refractivity contribution is -0.507. The number of hydrogen-bond acceptors (Lipinski definition) is 4. The van der Waals surface area contributed by atoms with Crippen molar-refractivity contribution in [3.63, 3.8) is 0 Å². The molecule has 4 rings (SSSR count). The van der Waals surface area contributed by atoms with Crippen molar-refractivity contribution in [2.75, 3.05) is 14.1 Å². The van der Waals surface area contributed by atoms with Crippen molar-refractivity contribution in [2.45, 2.75) is 33.4 Å². The number of imide groups is 1. The molecule has 1 atom stereocenters. The van der Waals surface area contributed by atoms with E-state index in [2.05, 4.69) is 10.1 Å². The molecule has 0 spiro atoms. The molecule has 0 N–H and O–H groups in total. The van der Waals surface area contributed by atoms with Crippen molar-refractivity contribution in [1.29, 1.82) is 0 Å². The summed E-state index contributed by atoms with van der Waals surface area (Å²) in [6, 6.07) is 4.80. The number of benzene rings is 1. The van der Waals surface area contributed by atoms with Crippen LogP contribution in [0.4, 0.5) is 9.18 Å². The van der Waals surface area contributed by atoms with Crippen molar-refractivity contribution in [3.8, 4) is 0 Å². The molecule has 2 aliphatic heterocycles. The molecule has 150 valence electrons. The van der Waals surface area contributed by atoms with Gasteiger partial charge in [-0.3, -0.25) is 14.6 Å². The third-order valence-electron chi connectivity index (χ3n) is 5.65. The monoisotopic (exact) mass is 397 g/mol. The van der Waals surface area contributed by atoms with E-state index in [9.17, 15) is 14.0 Å². The minimum absolute atomic E-state index is 0.138. The molecule has 0 aliphatic carbocycles. The summed E-state index contributed by atoms with van der Waals surface area (Å²) in [6.45, 7) is 5.67. The fourth-order valence-electron chi connectivity index (χ4n) is 3.64. The van der Waals surface area contributed by atoms with Crippen LogP contribution in [-0.2, 0) is 11.3 Å². The minimum atomic E-state index is -0.774. The summed E-state index contributed by atoms with van der Waals surface area (Å²) in [5.41, 5.74) is 3.10. The molecule has 1 unspecified atom stereocenters. The molecule has 3 heterocycles. The maximum Gasteiger partial charge on any atom is 0.421 e. The summed E-state index contributed by atoms with van der Waals surface area (Å²) in [5.74, 6) is -0.0850. The maximum absolute atomic E-state index is 14.1. The number of carbonyl (C=O) groups excluding carboxylic acids is 2. The van der Waals surface area contributed by atoms with Crippen molar-refractivity contribution in [1.82, 2.24) is 19.6 Å². The first-order chi connectivity index (χ1) is 13.7. The molecule has 1 aromatic heterocycles. The second-order valence-electron chi connectivity index (χ2n) is 7.35. The zero-order valence-electron chi connectivity index (χ0n) is 17.0. The number of aromatic nitrogens is 2. The van der Waals surface area contributed by atoms with Crippen LogP contribution in [0, 0.1) is 26.6 Å². The number of aliphatic imine (C=N–C) groups is 1. The fraction of sp³-hybridized carbons (Fsp3) is 0.350. The topological polar surface area (TPSA) is 73.8 Å². The number of amides is 3. The average molecular weight is 397 g/mol. The van der Waals surface area contributed by atoms with Crippen molar-refractivity contribution in [2.24, 2.45) is 4.99 Å². The average Bonchev–Trinajstić information content (AvgIpc) is 3.16. The molecule has 2 aliphatic rings. The number of fused-ring (bicyclic) bond motifs is 1. The van der Waals surface area contributed by atoms with Gasteiger partial charge in [0.25, 0.3) is 5.91 Å². The van der Waals surface area contributed by atoms with Crippen LogP contribution < -0.4 is 0 Å². The Kier molecular flexibility index (Phi) is 4.33.